The summed E-state index contributed by atoms with van der Waals surface area (Å²) in [7, 11) is 0. The fourth-order valence-corrected chi connectivity index (χ4v) is 4.93. The average molecular weight is 518 g/mol. The number of piperazine rings is 1. The molecule has 9 nitrogen and oxygen atoms in total. The van der Waals surface area contributed by atoms with Gasteiger partial charge in [0.1, 0.15) is 25.2 Å². The Morgan fingerprint density at radius 1 is 1.05 bits per heavy atom. The maximum Gasteiger partial charge on any atom is 0.245 e. The summed E-state index contributed by atoms with van der Waals surface area (Å²) in [6.45, 7) is 5.66. The number of fused-ring (bicyclic) bond motifs is 1. The van der Waals surface area contributed by atoms with Crippen LogP contribution in [0.25, 0.3) is 10.9 Å². The summed E-state index contributed by atoms with van der Waals surface area (Å²) < 4.78 is 0. The van der Waals surface area contributed by atoms with E-state index in [1.165, 1.54) is 16.0 Å². The number of carbonyl (C=O) groups is 4. The molecular weight excluding hydrogens is 482 g/mol. The normalized spacial score (nSPS) is 16.3. The van der Waals surface area contributed by atoms with Gasteiger partial charge in [0, 0.05) is 30.1 Å². The van der Waals surface area contributed by atoms with Crippen LogP contribution in [0, 0.1) is 0 Å². The number of amides is 4. The molecule has 1 fully saturated rings. The Morgan fingerprint density at radius 2 is 1.82 bits per heavy atom. The summed E-state index contributed by atoms with van der Waals surface area (Å²) in [6.07, 6.45) is 3.97. The quantitative estimate of drug-likeness (QED) is 0.328. The standard InChI is InChI=1S/C29H35N5O4/c1-4-20-11-10-19(12-21(20)5-2)14-31-28(37)25(13-22-15-30-24-9-7-6-8-23(22)24)33-27(36)17-34-16-26(35)32-18(3)29(34)38/h6-12,15,18,25,30H,4-5,13-14,16-17H2,1-3H3,(H,31,37)(H,32,35)(H,33,36). The van der Waals surface area contributed by atoms with E-state index in [9.17, 15) is 19.2 Å². The van der Waals surface area contributed by atoms with Gasteiger partial charge in [0.05, 0.1) is 0 Å². The number of hydrogen-bond acceptors (Lipinski definition) is 4. The van der Waals surface area contributed by atoms with Crippen LogP contribution in [-0.2, 0) is 45.0 Å². The molecule has 0 spiro atoms. The lowest BCUT2D eigenvalue weighted by atomic mass is 10.00. The highest BCUT2D eigenvalue weighted by Crippen LogP contribution is 2.19. The van der Waals surface area contributed by atoms with Crippen LogP contribution >= 0.6 is 0 Å². The van der Waals surface area contributed by atoms with E-state index in [2.05, 4.69) is 46.9 Å². The molecule has 4 amide bonds. The lowest BCUT2D eigenvalue weighted by Crippen LogP contribution is -2.59. The molecule has 0 aliphatic carbocycles. The molecular formula is C29H35N5O4. The number of aryl methyl sites for hydroxylation is 2. The highest BCUT2D eigenvalue weighted by molar-refractivity contribution is 5.97. The van der Waals surface area contributed by atoms with Crippen molar-refractivity contribution >= 4 is 34.5 Å². The van der Waals surface area contributed by atoms with Gasteiger partial charge in [-0.1, -0.05) is 50.2 Å². The number of H-pyrrole nitrogens is 1. The molecule has 200 valence electrons. The zero-order chi connectivity index (χ0) is 27.2. The van der Waals surface area contributed by atoms with Crippen molar-refractivity contribution in [2.24, 2.45) is 0 Å². The number of carbonyl (C=O) groups excluding carboxylic acids is 4. The molecule has 38 heavy (non-hydrogen) atoms. The highest BCUT2D eigenvalue weighted by Gasteiger charge is 2.32. The number of nitrogens with one attached hydrogen (secondary N) is 4. The molecule has 2 aromatic carbocycles. The first-order valence-electron chi connectivity index (χ1n) is 13.1. The van der Waals surface area contributed by atoms with E-state index >= 15 is 0 Å². The van der Waals surface area contributed by atoms with Gasteiger partial charge < -0.3 is 25.8 Å². The molecule has 4 N–H and O–H groups in total. The molecule has 0 bridgehead atoms. The van der Waals surface area contributed by atoms with E-state index in [4.69, 9.17) is 0 Å². The summed E-state index contributed by atoms with van der Waals surface area (Å²) in [5.41, 5.74) is 5.37. The molecule has 0 radical (unpaired) electrons. The fraction of sp³-hybridized carbons (Fsp3) is 0.379. The fourth-order valence-electron chi connectivity index (χ4n) is 4.93. The van der Waals surface area contributed by atoms with Crippen molar-refractivity contribution in [2.75, 3.05) is 13.1 Å². The van der Waals surface area contributed by atoms with Crippen molar-refractivity contribution in [3.8, 4) is 0 Å². The van der Waals surface area contributed by atoms with Gasteiger partial charge in [-0.15, -0.1) is 0 Å². The number of para-hydroxylation sites is 1. The topological polar surface area (TPSA) is 123 Å². The predicted octanol–water partition coefficient (Wildman–Crippen LogP) is 1.98. The Kier molecular flexibility index (Phi) is 8.45. The van der Waals surface area contributed by atoms with Crippen LogP contribution in [-0.4, -0.2) is 58.7 Å². The lowest BCUT2D eigenvalue weighted by molar-refractivity contribution is -0.146. The molecule has 0 saturated carbocycles. The van der Waals surface area contributed by atoms with E-state index in [-0.39, 0.29) is 37.2 Å². The highest BCUT2D eigenvalue weighted by atomic mass is 16.2. The van der Waals surface area contributed by atoms with Crippen molar-refractivity contribution in [1.29, 1.82) is 0 Å². The van der Waals surface area contributed by atoms with Gasteiger partial charge in [-0.3, -0.25) is 19.2 Å². The van der Waals surface area contributed by atoms with Gasteiger partial charge in [0.15, 0.2) is 0 Å². The number of hydrogen-bond donors (Lipinski definition) is 4. The van der Waals surface area contributed by atoms with Crippen LogP contribution in [0.15, 0.2) is 48.7 Å². The largest absolute Gasteiger partial charge is 0.361 e. The van der Waals surface area contributed by atoms with Crippen molar-refractivity contribution in [1.82, 2.24) is 25.8 Å². The van der Waals surface area contributed by atoms with Crippen molar-refractivity contribution in [3.05, 3.63) is 70.9 Å². The Balaban J connectivity index is 1.49. The third kappa shape index (κ3) is 6.22. The molecule has 1 aliphatic rings. The second kappa shape index (κ2) is 11.9. The van der Waals surface area contributed by atoms with Crippen LogP contribution in [0.5, 0.6) is 0 Å². The van der Waals surface area contributed by atoms with Gasteiger partial charge in [0.2, 0.25) is 23.6 Å². The van der Waals surface area contributed by atoms with Gasteiger partial charge >= 0.3 is 0 Å². The smallest absolute Gasteiger partial charge is 0.245 e. The van der Waals surface area contributed by atoms with Crippen molar-refractivity contribution < 1.29 is 19.2 Å². The minimum atomic E-state index is -0.867. The summed E-state index contributed by atoms with van der Waals surface area (Å²) in [6, 6.07) is 12.4. The molecule has 4 rings (SSSR count). The van der Waals surface area contributed by atoms with Crippen LogP contribution in [0.4, 0.5) is 0 Å². The maximum absolute atomic E-state index is 13.4. The second-order valence-corrected chi connectivity index (χ2v) is 9.70. The third-order valence-electron chi connectivity index (χ3n) is 6.98. The third-order valence-corrected chi connectivity index (χ3v) is 6.98. The van der Waals surface area contributed by atoms with Gasteiger partial charge in [-0.25, -0.2) is 0 Å². The van der Waals surface area contributed by atoms with Crippen molar-refractivity contribution in [3.63, 3.8) is 0 Å². The summed E-state index contributed by atoms with van der Waals surface area (Å²) >= 11 is 0. The molecule has 9 heteroatoms. The first-order valence-corrected chi connectivity index (χ1v) is 13.1. The first kappa shape index (κ1) is 26.9. The molecule has 1 saturated heterocycles. The van der Waals surface area contributed by atoms with Crippen LogP contribution in [0.2, 0.25) is 0 Å². The van der Waals surface area contributed by atoms with Crippen LogP contribution in [0.1, 0.15) is 43.0 Å². The monoisotopic (exact) mass is 517 g/mol. The lowest BCUT2D eigenvalue weighted by Gasteiger charge is -2.30. The predicted molar refractivity (Wildman–Crippen MR) is 145 cm³/mol. The Hall–Kier alpha value is -4.14. The van der Waals surface area contributed by atoms with E-state index < -0.39 is 18.0 Å². The molecule has 2 heterocycles. The van der Waals surface area contributed by atoms with E-state index in [1.54, 1.807) is 6.92 Å². The molecule has 1 aromatic heterocycles. The van der Waals surface area contributed by atoms with Crippen LogP contribution in [0.3, 0.4) is 0 Å². The number of benzene rings is 2. The first-order chi connectivity index (χ1) is 18.3. The molecule has 2 unspecified atom stereocenters. The van der Waals surface area contributed by atoms with Crippen LogP contribution < -0.4 is 16.0 Å². The number of rotatable bonds is 10. The molecule has 3 aromatic rings. The zero-order valence-corrected chi connectivity index (χ0v) is 22.1. The summed E-state index contributed by atoms with van der Waals surface area (Å²) in [5, 5.41) is 9.30. The van der Waals surface area contributed by atoms with Gasteiger partial charge in [-0.2, -0.15) is 0 Å². The molecule has 1 aliphatic heterocycles. The van der Waals surface area contributed by atoms with Gasteiger partial charge in [-0.05, 0) is 48.1 Å². The summed E-state index contributed by atoms with van der Waals surface area (Å²) in [4.78, 5) is 55.1. The zero-order valence-electron chi connectivity index (χ0n) is 22.1. The second-order valence-electron chi connectivity index (χ2n) is 9.70. The van der Waals surface area contributed by atoms with E-state index in [0.717, 1.165) is 34.9 Å². The Morgan fingerprint density at radius 3 is 2.58 bits per heavy atom. The Bertz CT molecular complexity index is 1350. The number of aromatic nitrogens is 1. The Labute approximate surface area is 222 Å². The maximum atomic E-state index is 13.4. The minimum Gasteiger partial charge on any atom is -0.361 e. The van der Waals surface area contributed by atoms with E-state index in [1.807, 2.05) is 36.5 Å². The van der Waals surface area contributed by atoms with E-state index in [0.29, 0.717) is 6.54 Å². The van der Waals surface area contributed by atoms with Crippen molar-refractivity contribution in [2.45, 2.75) is 58.7 Å². The number of aromatic amines is 1. The average Bonchev–Trinajstić information content (AvgIpc) is 3.32. The SMILES string of the molecule is CCc1ccc(CNC(=O)C(Cc2c[nH]c3ccccc23)NC(=O)CN2CC(=O)NC(C)C2=O)cc1CC. The van der Waals surface area contributed by atoms with Gasteiger partial charge in [0.25, 0.3) is 0 Å². The molecule has 2 atom stereocenters. The minimum absolute atomic E-state index is 0.191. The summed E-state index contributed by atoms with van der Waals surface area (Å²) in [5.74, 6) is -1.48. The number of nitrogens with zero attached hydrogens (tertiary/aromatic N) is 1.